The van der Waals surface area contributed by atoms with Crippen LogP contribution in [0.4, 0.5) is 0 Å². The van der Waals surface area contributed by atoms with Crippen molar-refractivity contribution in [1.29, 1.82) is 0 Å². The van der Waals surface area contributed by atoms with Gasteiger partial charge < -0.3 is 9.84 Å². The third-order valence-corrected chi connectivity index (χ3v) is 2.81. The molecular formula is C11H22O2. The fourth-order valence-corrected chi connectivity index (χ4v) is 2.02. The Bertz CT molecular complexity index is 107. The summed E-state index contributed by atoms with van der Waals surface area (Å²) in [6, 6.07) is 0. The van der Waals surface area contributed by atoms with Crippen molar-refractivity contribution in [3.05, 3.63) is 0 Å². The predicted molar refractivity (Wildman–Crippen MR) is 53.7 cm³/mol. The van der Waals surface area contributed by atoms with Crippen LogP contribution in [0.1, 0.15) is 44.9 Å². The highest BCUT2D eigenvalue weighted by atomic mass is 16.5. The molecule has 0 heterocycles. The van der Waals surface area contributed by atoms with Crippen molar-refractivity contribution >= 4 is 0 Å². The van der Waals surface area contributed by atoms with Crippen molar-refractivity contribution in [2.75, 3.05) is 19.8 Å². The van der Waals surface area contributed by atoms with Crippen LogP contribution >= 0.6 is 0 Å². The maximum Gasteiger partial charge on any atom is 0.0697 e. The Morgan fingerprint density at radius 2 is 1.62 bits per heavy atom. The Kier molecular flexibility index (Phi) is 6.21. The summed E-state index contributed by atoms with van der Waals surface area (Å²) in [6.45, 7) is 1.53. The van der Waals surface area contributed by atoms with Gasteiger partial charge in [0.1, 0.15) is 0 Å². The molecule has 2 nitrogen and oxygen atoms in total. The van der Waals surface area contributed by atoms with Gasteiger partial charge in [0.2, 0.25) is 0 Å². The van der Waals surface area contributed by atoms with Crippen molar-refractivity contribution in [2.45, 2.75) is 44.9 Å². The van der Waals surface area contributed by atoms with Gasteiger partial charge in [0.05, 0.1) is 13.2 Å². The van der Waals surface area contributed by atoms with Crippen molar-refractivity contribution in [2.24, 2.45) is 5.92 Å². The van der Waals surface area contributed by atoms with Gasteiger partial charge in [-0.25, -0.2) is 0 Å². The molecule has 1 aliphatic carbocycles. The molecule has 0 atom stereocenters. The fraction of sp³-hybridized carbons (Fsp3) is 1.00. The first-order valence-electron chi connectivity index (χ1n) is 5.62. The topological polar surface area (TPSA) is 29.5 Å². The van der Waals surface area contributed by atoms with Gasteiger partial charge >= 0.3 is 0 Å². The molecule has 0 radical (unpaired) electrons. The lowest BCUT2D eigenvalue weighted by atomic mass is 9.92. The Balaban J connectivity index is 2.06. The quantitative estimate of drug-likeness (QED) is 0.683. The van der Waals surface area contributed by atoms with E-state index in [-0.39, 0.29) is 6.61 Å². The van der Waals surface area contributed by atoms with Gasteiger partial charge in [0, 0.05) is 6.61 Å². The maximum absolute atomic E-state index is 8.57. The minimum Gasteiger partial charge on any atom is -0.394 e. The molecule has 0 aromatic rings. The third kappa shape index (κ3) is 5.27. The molecule has 1 fully saturated rings. The van der Waals surface area contributed by atoms with E-state index < -0.39 is 0 Å². The molecule has 2 heteroatoms. The monoisotopic (exact) mass is 186 g/mol. The Morgan fingerprint density at radius 3 is 2.23 bits per heavy atom. The molecule has 1 rings (SSSR count). The number of hydrogen-bond acceptors (Lipinski definition) is 2. The summed E-state index contributed by atoms with van der Waals surface area (Å²) >= 11 is 0. The highest BCUT2D eigenvalue weighted by molar-refractivity contribution is 4.62. The number of aliphatic hydroxyl groups excluding tert-OH is 1. The average molecular weight is 186 g/mol. The van der Waals surface area contributed by atoms with Crippen LogP contribution in [0, 0.1) is 5.92 Å². The minimum atomic E-state index is 0.159. The first-order valence-corrected chi connectivity index (χ1v) is 5.62. The van der Waals surface area contributed by atoms with E-state index >= 15 is 0 Å². The number of rotatable bonds is 4. The lowest BCUT2D eigenvalue weighted by Crippen LogP contribution is -2.13. The minimum absolute atomic E-state index is 0.159. The zero-order chi connectivity index (χ0) is 9.36. The van der Waals surface area contributed by atoms with Crippen LogP contribution in [-0.4, -0.2) is 24.9 Å². The van der Waals surface area contributed by atoms with Gasteiger partial charge in [-0.1, -0.05) is 32.1 Å². The third-order valence-electron chi connectivity index (χ3n) is 2.81. The summed E-state index contributed by atoms with van der Waals surface area (Å²) in [5.41, 5.74) is 0. The van der Waals surface area contributed by atoms with E-state index in [1.165, 1.54) is 44.9 Å². The zero-order valence-corrected chi connectivity index (χ0v) is 8.50. The molecular weight excluding hydrogens is 164 g/mol. The van der Waals surface area contributed by atoms with E-state index in [9.17, 15) is 0 Å². The van der Waals surface area contributed by atoms with Crippen LogP contribution in [0.15, 0.2) is 0 Å². The van der Waals surface area contributed by atoms with Crippen LogP contribution < -0.4 is 0 Å². The summed E-state index contributed by atoms with van der Waals surface area (Å²) in [6.07, 6.45) is 9.61. The molecule has 1 N–H and O–H groups in total. The van der Waals surface area contributed by atoms with Gasteiger partial charge in [-0.3, -0.25) is 0 Å². The molecule has 0 spiro atoms. The summed E-state index contributed by atoms with van der Waals surface area (Å²) < 4.78 is 5.37. The van der Waals surface area contributed by atoms with Crippen LogP contribution in [0.25, 0.3) is 0 Å². The van der Waals surface area contributed by atoms with Crippen LogP contribution in [0.2, 0.25) is 0 Å². The molecule has 1 aliphatic rings. The summed E-state index contributed by atoms with van der Waals surface area (Å²) in [5.74, 6) is 0.756. The van der Waals surface area contributed by atoms with Gasteiger partial charge in [-0.15, -0.1) is 0 Å². The van der Waals surface area contributed by atoms with E-state index in [4.69, 9.17) is 9.84 Å². The molecule has 1 saturated carbocycles. The largest absolute Gasteiger partial charge is 0.394 e. The second-order valence-electron chi connectivity index (χ2n) is 4.01. The number of aliphatic hydroxyl groups is 1. The molecule has 0 aromatic heterocycles. The van der Waals surface area contributed by atoms with Crippen molar-refractivity contribution in [1.82, 2.24) is 0 Å². The lowest BCUT2D eigenvalue weighted by molar-refractivity contribution is 0.0609. The standard InChI is InChI=1S/C11H22O2/c12-8-9-13-10-11-6-4-2-1-3-5-7-11/h11-12H,1-10H2. The van der Waals surface area contributed by atoms with Crippen molar-refractivity contribution in [3.8, 4) is 0 Å². The fourth-order valence-electron chi connectivity index (χ4n) is 2.02. The van der Waals surface area contributed by atoms with E-state index in [0.29, 0.717) is 6.61 Å². The summed E-state index contributed by atoms with van der Waals surface area (Å²) in [7, 11) is 0. The van der Waals surface area contributed by atoms with E-state index in [1.54, 1.807) is 0 Å². The first-order chi connectivity index (χ1) is 6.43. The molecule has 0 amide bonds. The SMILES string of the molecule is OCCOCC1CCCCCCC1. The molecule has 0 aliphatic heterocycles. The molecule has 78 valence electrons. The average Bonchev–Trinajstić information content (AvgIpc) is 2.08. The molecule has 0 saturated heterocycles. The van der Waals surface area contributed by atoms with Crippen molar-refractivity contribution < 1.29 is 9.84 Å². The zero-order valence-electron chi connectivity index (χ0n) is 8.50. The van der Waals surface area contributed by atoms with Crippen LogP contribution in [0.5, 0.6) is 0 Å². The maximum atomic E-state index is 8.57. The first kappa shape index (κ1) is 11.0. The molecule has 0 aromatic carbocycles. The highest BCUT2D eigenvalue weighted by Gasteiger charge is 2.10. The van der Waals surface area contributed by atoms with Gasteiger partial charge in [0.25, 0.3) is 0 Å². The van der Waals surface area contributed by atoms with E-state index in [0.717, 1.165) is 12.5 Å². The number of hydrogen-bond donors (Lipinski definition) is 1. The summed E-state index contributed by atoms with van der Waals surface area (Å²) in [5, 5.41) is 8.57. The molecule has 13 heavy (non-hydrogen) atoms. The molecule has 0 unspecified atom stereocenters. The smallest absolute Gasteiger partial charge is 0.0697 e. The van der Waals surface area contributed by atoms with E-state index in [1.807, 2.05) is 0 Å². The Morgan fingerprint density at radius 1 is 1.00 bits per heavy atom. The second kappa shape index (κ2) is 7.34. The molecule has 0 bridgehead atoms. The Hall–Kier alpha value is -0.0800. The Labute approximate surface area is 81.3 Å². The summed E-state index contributed by atoms with van der Waals surface area (Å²) in [4.78, 5) is 0. The van der Waals surface area contributed by atoms with Gasteiger partial charge in [-0.2, -0.15) is 0 Å². The highest BCUT2D eigenvalue weighted by Crippen LogP contribution is 2.22. The van der Waals surface area contributed by atoms with Crippen LogP contribution in [-0.2, 0) is 4.74 Å². The second-order valence-corrected chi connectivity index (χ2v) is 4.01. The van der Waals surface area contributed by atoms with Crippen LogP contribution in [0.3, 0.4) is 0 Å². The van der Waals surface area contributed by atoms with Crippen molar-refractivity contribution in [3.63, 3.8) is 0 Å². The van der Waals surface area contributed by atoms with E-state index in [2.05, 4.69) is 0 Å². The van der Waals surface area contributed by atoms with Gasteiger partial charge in [0.15, 0.2) is 0 Å². The normalized spacial score (nSPS) is 21.0. The number of ether oxygens (including phenoxy) is 1. The predicted octanol–water partition coefficient (Wildman–Crippen LogP) is 2.36. The lowest BCUT2D eigenvalue weighted by Gasteiger charge is -2.19. The van der Waals surface area contributed by atoms with Gasteiger partial charge in [-0.05, 0) is 18.8 Å².